The summed E-state index contributed by atoms with van der Waals surface area (Å²) in [7, 11) is 0. The minimum absolute atomic E-state index is 0.140. The number of rotatable bonds is 7. The lowest BCUT2D eigenvalue weighted by molar-refractivity contribution is 0.267. The van der Waals surface area contributed by atoms with Crippen LogP contribution in [0.25, 0.3) is 0 Å². The third-order valence-electron chi connectivity index (χ3n) is 3.26. The highest BCUT2D eigenvalue weighted by Gasteiger charge is 2.12. The fraction of sp³-hybridized carbons (Fsp3) is 0.647. The van der Waals surface area contributed by atoms with Gasteiger partial charge < -0.3 is 10.5 Å². The Morgan fingerprint density at radius 3 is 2.37 bits per heavy atom. The maximum Gasteiger partial charge on any atom is 0.122 e. The number of ether oxygens (including phenoxy) is 1. The van der Waals surface area contributed by atoms with E-state index in [-0.39, 0.29) is 6.04 Å². The minimum atomic E-state index is 0.140. The minimum Gasteiger partial charge on any atom is -0.493 e. The van der Waals surface area contributed by atoms with E-state index < -0.39 is 0 Å². The summed E-state index contributed by atoms with van der Waals surface area (Å²) < 4.78 is 5.91. The predicted molar refractivity (Wildman–Crippen MR) is 82.7 cm³/mol. The first-order valence-corrected chi connectivity index (χ1v) is 7.47. The molecule has 1 aromatic carbocycles. The van der Waals surface area contributed by atoms with Gasteiger partial charge in [0.2, 0.25) is 0 Å². The molecule has 1 atom stereocenters. The van der Waals surface area contributed by atoms with E-state index in [1.165, 1.54) is 11.1 Å². The maximum absolute atomic E-state index is 6.21. The summed E-state index contributed by atoms with van der Waals surface area (Å²) in [6, 6.07) is 6.56. The van der Waals surface area contributed by atoms with Gasteiger partial charge in [0, 0.05) is 6.04 Å². The molecule has 19 heavy (non-hydrogen) atoms. The molecule has 0 saturated carbocycles. The molecular weight excluding hydrogens is 234 g/mol. The topological polar surface area (TPSA) is 35.2 Å². The standard InChI is InChI=1S/C17H29NO/c1-6-7-16(18)14-8-9-17(19-11-12(2)3)15(10-14)13(4)5/h8-10,12-13,16H,6-7,11,18H2,1-5H3. The van der Waals surface area contributed by atoms with Gasteiger partial charge in [-0.25, -0.2) is 0 Å². The van der Waals surface area contributed by atoms with Gasteiger partial charge in [0.05, 0.1) is 6.61 Å². The smallest absolute Gasteiger partial charge is 0.122 e. The molecule has 1 rings (SSSR count). The van der Waals surface area contributed by atoms with Crippen LogP contribution in [0.5, 0.6) is 5.75 Å². The molecular formula is C17H29NO. The lowest BCUT2D eigenvalue weighted by Gasteiger charge is -2.19. The number of hydrogen-bond donors (Lipinski definition) is 1. The highest BCUT2D eigenvalue weighted by atomic mass is 16.5. The lowest BCUT2D eigenvalue weighted by Crippen LogP contribution is -2.11. The molecule has 2 N–H and O–H groups in total. The molecule has 0 aliphatic rings. The molecule has 0 aromatic heterocycles. The predicted octanol–water partition coefficient (Wildman–Crippen LogP) is 4.64. The van der Waals surface area contributed by atoms with Crippen molar-refractivity contribution < 1.29 is 4.74 Å². The first-order valence-electron chi connectivity index (χ1n) is 7.47. The van der Waals surface area contributed by atoms with E-state index in [0.717, 1.165) is 25.2 Å². The normalized spacial score (nSPS) is 13.1. The molecule has 0 spiro atoms. The summed E-state index contributed by atoms with van der Waals surface area (Å²) in [5, 5.41) is 0. The monoisotopic (exact) mass is 263 g/mol. The molecule has 0 fully saturated rings. The second kappa shape index (κ2) is 7.54. The Hall–Kier alpha value is -1.02. The van der Waals surface area contributed by atoms with Crippen LogP contribution < -0.4 is 10.5 Å². The van der Waals surface area contributed by atoms with Crippen LogP contribution in [0.15, 0.2) is 18.2 Å². The zero-order chi connectivity index (χ0) is 14.4. The zero-order valence-electron chi connectivity index (χ0n) is 13.1. The fourth-order valence-electron chi connectivity index (χ4n) is 2.11. The Kier molecular flexibility index (Phi) is 6.36. The van der Waals surface area contributed by atoms with Gasteiger partial charge in [-0.15, -0.1) is 0 Å². The summed E-state index contributed by atoms with van der Waals surface area (Å²) >= 11 is 0. The summed E-state index contributed by atoms with van der Waals surface area (Å²) in [6.07, 6.45) is 2.15. The van der Waals surface area contributed by atoms with Crippen molar-refractivity contribution in [2.45, 2.75) is 59.4 Å². The Morgan fingerprint density at radius 2 is 1.84 bits per heavy atom. The highest BCUT2D eigenvalue weighted by molar-refractivity contribution is 5.40. The third kappa shape index (κ3) is 4.87. The third-order valence-corrected chi connectivity index (χ3v) is 3.26. The molecule has 0 saturated heterocycles. The van der Waals surface area contributed by atoms with E-state index in [0.29, 0.717) is 11.8 Å². The highest BCUT2D eigenvalue weighted by Crippen LogP contribution is 2.30. The average Bonchev–Trinajstić information content (AvgIpc) is 2.36. The van der Waals surface area contributed by atoms with Crippen LogP contribution in [-0.2, 0) is 0 Å². The van der Waals surface area contributed by atoms with Gasteiger partial charge >= 0.3 is 0 Å². The number of benzene rings is 1. The van der Waals surface area contributed by atoms with Crippen molar-refractivity contribution in [1.82, 2.24) is 0 Å². The summed E-state index contributed by atoms with van der Waals surface area (Å²) in [6.45, 7) is 11.7. The zero-order valence-corrected chi connectivity index (χ0v) is 13.1. The molecule has 1 unspecified atom stereocenters. The van der Waals surface area contributed by atoms with Crippen LogP contribution in [0.3, 0.4) is 0 Å². The van der Waals surface area contributed by atoms with Crippen molar-refractivity contribution in [3.63, 3.8) is 0 Å². The average molecular weight is 263 g/mol. The van der Waals surface area contributed by atoms with E-state index in [1.54, 1.807) is 0 Å². The van der Waals surface area contributed by atoms with Gasteiger partial charge in [-0.1, -0.05) is 53.2 Å². The Balaban J connectivity index is 2.94. The van der Waals surface area contributed by atoms with Crippen LogP contribution in [0, 0.1) is 5.92 Å². The Morgan fingerprint density at radius 1 is 1.16 bits per heavy atom. The van der Waals surface area contributed by atoms with Crippen molar-refractivity contribution in [2.75, 3.05) is 6.61 Å². The fourth-order valence-corrected chi connectivity index (χ4v) is 2.11. The second-order valence-corrected chi connectivity index (χ2v) is 6.05. The molecule has 0 aliphatic heterocycles. The van der Waals surface area contributed by atoms with Gasteiger partial charge in [-0.2, -0.15) is 0 Å². The van der Waals surface area contributed by atoms with E-state index in [1.807, 2.05) is 0 Å². The quantitative estimate of drug-likeness (QED) is 0.777. The van der Waals surface area contributed by atoms with Crippen LogP contribution in [0.1, 0.15) is 70.5 Å². The van der Waals surface area contributed by atoms with Gasteiger partial charge in [-0.3, -0.25) is 0 Å². The van der Waals surface area contributed by atoms with Crippen LogP contribution in [-0.4, -0.2) is 6.61 Å². The molecule has 2 heteroatoms. The first-order chi connectivity index (χ1) is 8.95. The van der Waals surface area contributed by atoms with E-state index in [2.05, 4.69) is 52.8 Å². The van der Waals surface area contributed by atoms with Crippen LogP contribution >= 0.6 is 0 Å². The largest absolute Gasteiger partial charge is 0.493 e. The van der Waals surface area contributed by atoms with Crippen LogP contribution in [0.4, 0.5) is 0 Å². The molecule has 0 aliphatic carbocycles. The van der Waals surface area contributed by atoms with E-state index >= 15 is 0 Å². The molecule has 0 amide bonds. The van der Waals surface area contributed by atoms with Crippen LogP contribution in [0.2, 0.25) is 0 Å². The summed E-state index contributed by atoms with van der Waals surface area (Å²) in [5.41, 5.74) is 8.70. The Bertz CT molecular complexity index is 385. The summed E-state index contributed by atoms with van der Waals surface area (Å²) in [4.78, 5) is 0. The van der Waals surface area contributed by atoms with Gasteiger partial charge in [0.1, 0.15) is 5.75 Å². The van der Waals surface area contributed by atoms with Gasteiger partial charge in [-0.05, 0) is 35.4 Å². The molecule has 0 bridgehead atoms. The van der Waals surface area contributed by atoms with Crippen molar-refractivity contribution in [3.05, 3.63) is 29.3 Å². The summed E-state index contributed by atoms with van der Waals surface area (Å²) in [5.74, 6) is 2.01. The SMILES string of the molecule is CCCC(N)c1ccc(OCC(C)C)c(C(C)C)c1. The molecule has 1 aromatic rings. The van der Waals surface area contributed by atoms with Crippen molar-refractivity contribution in [2.24, 2.45) is 11.7 Å². The molecule has 0 radical (unpaired) electrons. The van der Waals surface area contributed by atoms with Crippen molar-refractivity contribution >= 4 is 0 Å². The molecule has 108 valence electrons. The molecule has 2 nitrogen and oxygen atoms in total. The second-order valence-electron chi connectivity index (χ2n) is 6.05. The molecule has 0 heterocycles. The van der Waals surface area contributed by atoms with Crippen molar-refractivity contribution in [3.8, 4) is 5.75 Å². The number of nitrogens with two attached hydrogens (primary N) is 1. The first kappa shape index (κ1) is 16.0. The van der Waals surface area contributed by atoms with E-state index in [4.69, 9.17) is 10.5 Å². The Labute approximate surface area is 118 Å². The van der Waals surface area contributed by atoms with E-state index in [9.17, 15) is 0 Å². The van der Waals surface area contributed by atoms with Gasteiger partial charge in [0.15, 0.2) is 0 Å². The number of hydrogen-bond acceptors (Lipinski definition) is 2. The van der Waals surface area contributed by atoms with Gasteiger partial charge in [0.25, 0.3) is 0 Å². The lowest BCUT2D eigenvalue weighted by atomic mass is 9.95. The maximum atomic E-state index is 6.21. The van der Waals surface area contributed by atoms with Crippen molar-refractivity contribution in [1.29, 1.82) is 0 Å².